The highest BCUT2D eigenvalue weighted by atomic mass is 16.5. The predicted molar refractivity (Wildman–Crippen MR) is 217 cm³/mol. The highest BCUT2D eigenvalue weighted by Gasteiger charge is 2.22. The number of hydrogen-bond acceptors (Lipinski definition) is 6. The molecule has 0 amide bonds. The summed E-state index contributed by atoms with van der Waals surface area (Å²) >= 11 is 0. The third-order valence-corrected chi connectivity index (χ3v) is 9.64. The van der Waals surface area contributed by atoms with E-state index < -0.39 is 11.6 Å². The first-order chi connectivity index (χ1) is 25.5. The van der Waals surface area contributed by atoms with E-state index in [9.17, 15) is 9.59 Å². The molecule has 52 heavy (non-hydrogen) atoms. The quantitative estimate of drug-likeness (QED) is 0.0401. The second kappa shape index (κ2) is 30.4. The van der Waals surface area contributed by atoms with E-state index in [4.69, 9.17) is 18.9 Å². The molecule has 6 heteroatoms. The summed E-state index contributed by atoms with van der Waals surface area (Å²) in [7, 11) is 0. The highest BCUT2D eigenvalue weighted by Crippen LogP contribution is 2.32. The molecule has 0 heterocycles. The van der Waals surface area contributed by atoms with Crippen LogP contribution in [0.4, 0.5) is 0 Å². The van der Waals surface area contributed by atoms with Gasteiger partial charge in [-0.25, -0.2) is 0 Å². The van der Waals surface area contributed by atoms with Crippen molar-refractivity contribution in [1.82, 2.24) is 0 Å². The van der Waals surface area contributed by atoms with Gasteiger partial charge in [-0.1, -0.05) is 156 Å². The number of carbonyl (C=O) groups excluding carboxylic acids is 2. The summed E-state index contributed by atoms with van der Waals surface area (Å²) < 4.78 is 24.6. The lowest BCUT2D eigenvalue weighted by Crippen LogP contribution is -2.15. The number of ketones is 2. The number of Topliss-reactive ketones (excluding diaryl/α,β-unsaturated/α-hetero) is 2. The van der Waals surface area contributed by atoms with Crippen LogP contribution >= 0.6 is 0 Å². The SMILES string of the molecule is CCCCCCCCCCOc1ccc(C(=O)C(=O)c2ccc(OCCCCCC)c(OCCCCCC)c2)cc1OCCCCCCCCCC. The van der Waals surface area contributed by atoms with Gasteiger partial charge in [-0.15, -0.1) is 0 Å². The molecule has 0 N–H and O–H groups in total. The lowest BCUT2D eigenvalue weighted by molar-refractivity contribution is 0.0816. The molecule has 0 aromatic heterocycles. The number of rotatable bonds is 35. The van der Waals surface area contributed by atoms with E-state index in [0.717, 1.165) is 64.2 Å². The van der Waals surface area contributed by atoms with Gasteiger partial charge >= 0.3 is 0 Å². The average Bonchev–Trinajstić information content (AvgIpc) is 3.16. The monoisotopic (exact) mass is 723 g/mol. The Morgan fingerprint density at radius 1 is 0.346 bits per heavy atom. The highest BCUT2D eigenvalue weighted by molar-refractivity contribution is 6.49. The maximum atomic E-state index is 13.6. The third kappa shape index (κ3) is 19.7. The lowest BCUT2D eigenvalue weighted by Gasteiger charge is -2.15. The van der Waals surface area contributed by atoms with Crippen molar-refractivity contribution in [3.8, 4) is 23.0 Å². The summed E-state index contributed by atoms with van der Waals surface area (Å²) in [6.07, 6.45) is 28.3. The number of carbonyl (C=O) groups is 2. The number of hydrogen-bond donors (Lipinski definition) is 0. The molecule has 2 aromatic carbocycles. The van der Waals surface area contributed by atoms with Crippen LogP contribution in [-0.4, -0.2) is 38.0 Å². The largest absolute Gasteiger partial charge is 0.490 e. The van der Waals surface area contributed by atoms with Gasteiger partial charge in [0.2, 0.25) is 11.6 Å². The molecule has 0 atom stereocenters. The molecule has 0 spiro atoms. The van der Waals surface area contributed by atoms with E-state index >= 15 is 0 Å². The van der Waals surface area contributed by atoms with Crippen molar-refractivity contribution in [2.45, 2.75) is 182 Å². The van der Waals surface area contributed by atoms with Gasteiger partial charge in [0.15, 0.2) is 23.0 Å². The number of benzene rings is 2. The Labute approximate surface area is 318 Å². The standard InChI is InChI=1S/C46H74O6/c1-5-9-13-17-19-21-23-27-34-50-42-32-30-40(38-44(42)52-36-28-24-22-20-18-14-10-6-2)46(48)45(47)39-29-31-41(49-33-25-15-11-7-3)43(37-39)51-35-26-16-12-8-4/h29-32,37-38H,5-28,33-36H2,1-4H3. The summed E-state index contributed by atoms with van der Waals surface area (Å²) in [6.45, 7) is 11.1. The summed E-state index contributed by atoms with van der Waals surface area (Å²) in [4.78, 5) is 27.3. The summed E-state index contributed by atoms with van der Waals surface area (Å²) in [6, 6.07) is 10.3. The van der Waals surface area contributed by atoms with Crippen LogP contribution in [0.1, 0.15) is 203 Å². The van der Waals surface area contributed by atoms with Crippen LogP contribution in [0.2, 0.25) is 0 Å². The van der Waals surface area contributed by atoms with Crippen molar-refractivity contribution in [2.24, 2.45) is 0 Å². The van der Waals surface area contributed by atoms with Gasteiger partial charge < -0.3 is 18.9 Å². The summed E-state index contributed by atoms with van der Waals surface area (Å²) in [5, 5.41) is 0. The Balaban J connectivity index is 2.10. The third-order valence-electron chi connectivity index (χ3n) is 9.64. The predicted octanol–water partition coefficient (Wildman–Crippen LogP) is 13.7. The average molecular weight is 723 g/mol. The molecule has 0 bridgehead atoms. The minimum atomic E-state index is -0.577. The van der Waals surface area contributed by atoms with Crippen LogP contribution in [0, 0.1) is 0 Å². The minimum Gasteiger partial charge on any atom is -0.490 e. The summed E-state index contributed by atoms with van der Waals surface area (Å²) in [5.74, 6) is 1.14. The normalized spacial score (nSPS) is 11.1. The second-order valence-electron chi connectivity index (χ2n) is 14.4. The Bertz CT molecular complexity index is 1210. The summed E-state index contributed by atoms with van der Waals surface area (Å²) in [5.41, 5.74) is 0.594. The van der Waals surface area contributed by atoms with Crippen molar-refractivity contribution in [1.29, 1.82) is 0 Å². The van der Waals surface area contributed by atoms with E-state index in [1.807, 2.05) is 0 Å². The Hall–Kier alpha value is -3.02. The Morgan fingerprint density at radius 3 is 0.904 bits per heavy atom. The zero-order valence-corrected chi connectivity index (χ0v) is 33.7. The molecular formula is C46H74O6. The fourth-order valence-corrected chi connectivity index (χ4v) is 6.28. The van der Waals surface area contributed by atoms with E-state index in [0.29, 0.717) is 60.6 Å². The van der Waals surface area contributed by atoms with Gasteiger partial charge in [0.25, 0.3) is 0 Å². The first-order valence-electron chi connectivity index (χ1n) is 21.4. The van der Waals surface area contributed by atoms with E-state index in [1.165, 1.54) is 89.9 Å². The zero-order valence-electron chi connectivity index (χ0n) is 33.7. The van der Waals surface area contributed by atoms with Gasteiger partial charge in [-0.05, 0) is 62.1 Å². The van der Waals surface area contributed by atoms with Crippen LogP contribution in [-0.2, 0) is 0 Å². The Kier molecular flexibility index (Phi) is 26.4. The molecule has 0 unspecified atom stereocenters. The molecule has 0 radical (unpaired) electrons. The zero-order chi connectivity index (χ0) is 37.5. The topological polar surface area (TPSA) is 71.1 Å². The van der Waals surface area contributed by atoms with E-state index in [-0.39, 0.29) is 0 Å². The van der Waals surface area contributed by atoms with E-state index in [1.54, 1.807) is 36.4 Å². The van der Waals surface area contributed by atoms with Crippen LogP contribution in [0.25, 0.3) is 0 Å². The van der Waals surface area contributed by atoms with Crippen LogP contribution in [0.15, 0.2) is 36.4 Å². The van der Waals surface area contributed by atoms with Gasteiger partial charge in [0, 0.05) is 11.1 Å². The maximum Gasteiger partial charge on any atom is 0.233 e. The van der Waals surface area contributed by atoms with Crippen LogP contribution < -0.4 is 18.9 Å². The molecule has 0 saturated heterocycles. The van der Waals surface area contributed by atoms with Crippen molar-refractivity contribution in [3.63, 3.8) is 0 Å². The molecule has 0 aliphatic rings. The second-order valence-corrected chi connectivity index (χ2v) is 14.4. The van der Waals surface area contributed by atoms with Crippen LogP contribution in [0.5, 0.6) is 23.0 Å². The molecule has 0 fully saturated rings. The maximum absolute atomic E-state index is 13.6. The van der Waals surface area contributed by atoms with Gasteiger partial charge in [-0.2, -0.15) is 0 Å². The number of unbranched alkanes of at least 4 members (excludes halogenated alkanes) is 20. The van der Waals surface area contributed by atoms with E-state index in [2.05, 4.69) is 27.7 Å². The van der Waals surface area contributed by atoms with Crippen molar-refractivity contribution < 1.29 is 28.5 Å². The Morgan fingerprint density at radius 2 is 0.596 bits per heavy atom. The molecule has 0 aliphatic heterocycles. The minimum absolute atomic E-state index is 0.295. The molecule has 2 aromatic rings. The molecule has 0 aliphatic carbocycles. The fraction of sp³-hybridized carbons (Fsp3) is 0.696. The first-order valence-corrected chi connectivity index (χ1v) is 21.4. The molecular weight excluding hydrogens is 649 g/mol. The molecule has 6 nitrogen and oxygen atoms in total. The van der Waals surface area contributed by atoms with Crippen molar-refractivity contribution in [2.75, 3.05) is 26.4 Å². The fourth-order valence-electron chi connectivity index (χ4n) is 6.28. The first kappa shape index (κ1) is 45.1. The van der Waals surface area contributed by atoms with Crippen LogP contribution in [0.3, 0.4) is 0 Å². The van der Waals surface area contributed by atoms with Gasteiger partial charge in [0.05, 0.1) is 26.4 Å². The number of ether oxygens (including phenoxy) is 4. The molecule has 2 rings (SSSR count). The lowest BCUT2D eigenvalue weighted by atomic mass is 10.0. The van der Waals surface area contributed by atoms with Gasteiger partial charge in [-0.3, -0.25) is 9.59 Å². The van der Waals surface area contributed by atoms with Gasteiger partial charge in [0.1, 0.15) is 0 Å². The molecule has 0 saturated carbocycles. The van der Waals surface area contributed by atoms with Crippen molar-refractivity contribution in [3.05, 3.63) is 47.5 Å². The smallest absolute Gasteiger partial charge is 0.233 e. The molecule has 294 valence electrons. The van der Waals surface area contributed by atoms with Crippen molar-refractivity contribution >= 4 is 11.6 Å².